The normalized spacial score (nSPS) is 30.6. The topological polar surface area (TPSA) is 121 Å². The number of hydrogen-bond donors (Lipinski definition) is 2. The van der Waals surface area contributed by atoms with Gasteiger partial charge in [-0.2, -0.15) is 5.21 Å². The molecule has 3 rings (SSSR count). The van der Waals surface area contributed by atoms with Crippen LogP contribution < -0.4 is 0 Å². The monoisotopic (exact) mass is 397 g/mol. The first-order chi connectivity index (χ1) is 13.1. The summed E-state index contributed by atoms with van der Waals surface area (Å²) in [5, 5.41) is 23.2. The van der Waals surface area contributed by atoms with Gasteiger partial charge in [0, 0.05) is 13.0 Å². The molecule has 10 heteroatoms. The largest absolute Gasteiger partial charge is 0.480 e. The average molecular weight is 397 g/mol. The predicted molar refractivity (Wildman–Crippen MR) is 96.1 cm³/mol. The Morgan fingerprint density at radius 3 is 2.75 bits per heavy atom. The minimum absolute atomic E-state index is 0.0798. The summed E-state index contributed by atoms with van der Waals surface area (Å²) in [6.07, 6.45) is 1.58. The van der Waals surface area contributed by atoms with Crippen molar-refractivity contribution in [1.82, 2.24) is 25.5 Å². The number of H-pyrrole nitrogens is 1. The molecule has 1 aliphatic heterocycles. The zero-order valence-electron chi connectivity index (χ0n) is 16.5. The van der Waals surface area contributed by atoms with Gasteiger partial charge in [0.1, 0.15) is 17.3 Å². The summed E-state index contributed by atoms with van der Waals surface area (Å²) in [5.74, 6) is -0.602. The second-order valence-corrected chi connectivity index (χ2v) is 8.96. The zero-order chi connectivity index (χ0) is 20.5. The van der Waals surface area contributed by atoms with Gasteiger partial charge < -0.3 is 9.84 Å². The predicted octanol–water partition coefficient (Wildman–Crippen LogP) is 2.35. The van der Waals surface area contributed by atoms with E-state index < -0.39 is 29.4 Å². The lowest BCUT2D eigenvalue weighted by molar-refractivity contribution is -0.147. The number of ether oxygens (including phenoxy) is 1. The third-order valence-corrected chi connectivity index (χ3v) is 5.69. The van der Waals surface area contributed by atoms with Crippen LogP contribution in [-0.4, -0.2) is 66.5 Å². The van der Waals surface area contributed by atoms with Gasteiger partial charge in [-0.1, -0.05) is 5.21 Å². The van der Waals surface area contributed by atoms with Crippen LogP contribution in [0, 0.1) is 11.8 Å². The molecule has 28 heavy (non-hydrogen) atoms. The summed E-state index contributed by atoms with van der Waals surface area (Å²) < 4.78 is 20.8. The second-order valence-electron chi connectivity index (χ2n) is 8.96. The number of piperidine rings is 1. The summed E-state index contributed by atoms with van der Waals surface area (Å²) in [5.41, 5.74) is -2.08. The van der Waals surface area contributed by atoms with Crippen LogP contribution in [0.15, 0.2) is 0 Å². The molecular formula is C18H28FN5O4. The van der Waals surface area contributed by atoms with E-state index in [0.29, 0.717) is 31.5 Å². The average Bonchev–Trinajstić information content (AvgIpc) is 3.11. The van der Waals surface area contributed by atoms with E-state index in [4.69, 9.17) is 4.74 Å². The lowest BCUT2D eigenvalue weighted by atomic mass is 9.67. The molecule has 0 radical (unpaired) electrons. The first-order valence-corrected chi connectivity index (χ1v) is 9.70. The van der Waals surface area contributed by atoms with Crippen molar-refractivity contribution in [2.45, 2.75) is 76.6 Å². The van der Waals surface area contributed by atoms with Crippen LogP contribution >= 0.6 is 0 Å². The molecular weight excluding hydrogens is 369 g/mol. The molecule has 156 valence electrons. The second kappa shape index (κ2) is 7.63. The molecule has 2 N–H and O–H groups in total. The molecule has 0 aromatic carbocycles. The number of nitrogens with one attached hydrogen (secondary N) is 1. The molecule has 1 aromatic rings. The van der Waals surface area contributed by atoms with Crippen molar-refractivity contribution in [3.05, 3.63) is 5.82 Å². The third-order valence-electron chi connectivity index (χ3n) is 5.69. The number of fused-ring (bicyclic) bond motifs is 1. The number of aliphatic carboxylic acids is 1. The molecule has 1 saturated carbocycles. The fourth-order valence-electron chi connectivity index (χ4n) is 4.34. The number of nitrogens with zero attached hydrogens (tertiary/aromatic N) is 4. The highest BCUT2D eigenvalue weighted by Crippen LogP contribution is 2.46. The Morgan fingerprint density at radius 2 is 2.14 bits per heavy atom. The number of likely N-dealkylation sites (tertiary alicyclic amines) is 1. The van der Waals surface area contributed by atoms with Crippen LogP contribution in [-0.2, 0) is 16.0 Å². The number of halogens is 1. The quantitative estimate of drug-likeness (QED) is 0.800. The number of carboxylic acids is 1. The first kappa shape index (κ1) is 20.5. The van der Waals surface area contributed by atoms with Crippen LogP contribution in [0.25, 0.3) is 0 Å². The van der Waals surface area contributed by atoms with Crippen LogP contribution in [0.4, 0.5) is 9.18 Å². The number of alkyl halides is 1. The number of carbonyl (C=O) groups excluding carboxylic acids is 1. The van der Waals surface area contributed by atoms with Gasteiger partial charge in [0.25, 0.3) is 0 Å². The van der Waals surface area contributed by atoms with Gasteiger partial charge >= 0.3 is 12.1 Å². The number of carbonyl (C=O) groups is 2. The van der Waals surface area contributed by atoms with Gasteiger partial charge in [-0.25, -0.2) is 14.0 Å². The molecule has 2 aliphatic rings. The Morgan fingerprint density at radius 1 is 1.39 bits per heavy atom. The minimum Gasteiger partial charge on any atom is -0.480 e. The van der Waals surface area contributed by atoms with Crippen molar-refractivity contribution < 1.29 is 23.8 Å². The fourth-order valence-corrected chi connectivity index (χ4v) is 4.34. The molecule has 1 unspecified atom stereocenters. The number of hydrogen-bond acceptors (Lipinski definition) is 6. The number of aryl methyl sites for hydroxylation is 1. The van der Waals surface area contributed by atoms with E-state index in [2.05, 4.69) is 20.6 Å². The standard InChI is InChI=1S/C18H28FN5O4/c1-17(2,3)28-16(27)24-10-11-4-6-18(19,7-5-14-20-22-23-21-14)9-12(11)8-13(24)15(25)26/h11-13H,4-10H2,1-3H3,(H,25,26)(H,20,21,22,23)/t11-,12-,13-,18?/m0/s1. The zero-order valence-corrected chi connectivity index (χ0v) is 16.5. The van der Waals surface area contributed by atoms with Gasteiger partial charge in [0.05, 0.1) is 0 Å². The van der Waals surface area contributed by atoms with Gasteiger partial charge in [0.2, 0.25) is 0 Å². The number of aromatic amines is 1. The number of rotatable bonds is 4. The van der Waals surface area contributed by atoms with Crippen molar-refractivity contribution >= 4 is 12.1 Å². The smallest absolute Gasteiger partial charge is 0.411 e. The number of aromatic nitrogens is 4. The molecule has 1 aliphatic carbocycles. The molecule has 0 spiro atoms. The van der Waals surface area contributed by atoms with Crippen LogP contribution in [0.2, 0.25) is 0 Å². The molecule has 2 fully saturated rings. The van der Waals surface area contributed by atoms with Crippen molar-refractivity contribution in [1.29, 1.82) is 0 Å². The molecule has 2 heterocycles. The van der Waals surface area contributed by atoms with E-state index in [1.165, 1.54) is 4.90 Å². The highest BCUT2D eigenvalue weighted by Gasteiger charge is 2.48. The van der Waals surface area contributed by atoms with E-state index in [9.17, 15) is 14.7 Å². The maximum absolute atomic E-state index is 15.4. The van der Waals surface area contributed by atoms with Crippen LogP contribution in [0.3, 0.4) is 0 Å². The fraction of sp³-hybridized carbons (Fsp3) is 0.833. The van der Waals surface area contributed by atoms with Gasteiger partial charge in [0.15, 0.2) is 5.82 Å². The van der Waals surface area contributed by atoms with Gasteiger partial charge in [-0.05, 0) is 64.7 Å². The summed E-state index contributed by atoms with van der Waals surface area (Å²) in [6.45, 7) is 5.52. The maximum atomic E-state index is 15.4. The Bertz CT molecular complexity index is 707. The van der Waals surface area contributed by atoms with Crippen LogP contribution in [0.5, 0.6) is 0 Å². The van der Waals surface area contributed by atoms with Gasteiger partial charge in [-0.15, -0.1) is 10.2 Å². The summed E-state index contributed by atoms with van der Waals surface area (Å²) in [4.78, 5) is 25.6. The molecule has 9 nitrogen and oxygen atoms in total. The SMILES string of the molecule is CC(C)(C)OC(=O)N1C[C@@H]2CCC(F)(CCc3nn[nH]n3)C[C@@H]2C[C@H]1C(=O)O. The first-order valence-electron chi connectivity index (χ1n) is 9.70. The van der Waals surface area contributed by atoms with Crippen molar-refractivity contribution in [3.8, 4) is 0 Å². The van der Waals surface area contributed by atoms with E-state index in [0.717, 1.165) is 0 Å². The number of tetrazole rings is 1. The molecule has 1 aromatic heterocycles. The Hall–Kier alpha value is -2.26. The Balaban J connectivity index is 1.66. The summed E-state index contributed by atoms with van der Waals surface area (Å²) >= 11 is 0. The van der Waals surface area contributed by atoms with E-state index in [1.54, 1.807) is 20.8 Å². The molecule has 0 bridgehead atoms. The van der Waals surface area contributed by atoms with E-state index >= 15 is 4.39 Å². The molecule has 1 amide bonds. The van der Waals surface area contributed by atoms with Crippen molar-refractivity contribution in [3.63, 3.8) is 0 Å². The Kier molecular flexibility index (Phi) is 5.58. The third kappa shape index (κ3) is 4.77. The highest BCUT2D eigenvalue weighted by atomic mass is 19.1. The van der Waals surface area contributed by atoms with Crippen molar-refractivity contribution in [2.24, 2.45) is 11.8 Å². The minimum atomic E-state index is -1.38. The highest BCUT2D eigenvalue weighted by molar-refractivity contribution is 5.80. The van der Waals surface area contributed by atoms with Crippen LogP contribution in [0.1, 0.15) is 58.7 Å². The number of amides is 1. The maximum Gasteiger partial charge on any atom is 0.411 e. The molecule has 4 atom stereocenters. The summed E-state index contributed by atoms with van der Waals surface area (Å²) in [7, 11) is 0. The lowest BCUT2D eigenvalue weighted by Crippen LogP contribution is -2.56. The number of carboxylic acid groups (broad SMARTS) is 1. The van der Waals surface area contributed by atoms with E-state index in [-0.39, 0.29) is 31.2 Å². The van der Waals surface area contributed by atoms with Gasteiger partial charge in [-0.3, -0.25) is 4.90 Å². The van der Waals surface area contributed by atoms with E-state index in [1.807, 2.05) is 0 Å². The summed E-state index contributed by atoms with van der Waals surface area (Å²) in [6, 6.07) is -0.990. The lowest BCUT2D eigenvalue weighted by Gasteiger charge is -2.48. The molecule has 1 saturated heterocycles. The van der Waals surface area contributed by atoms with Crippen molar-refractivity contribution in [2.75, 3.05) is 6.54 Å². The Labute approximate surface area is 163 Å².